The first-order valence-corrected chi connectivity index (χ1v) is 9.20. The van der Waals surface area contributed by atoms with E-state index >= 15 is 0 Å². The number of rotatable bonds is 4. The van der Waals surface area contributed by atoms with Gasteiger partial charge < -0.3 is 15.2 Å². The number of carbonyl (C=O) groups is 1. The van der Waals surface area contributed by atoms with Crippen LogP contribution in [0.2, 0.25) is 0 Å². The Hall–Kier alpha value is -2.92. The third-order valence-electron chi connectivity index (χ3n) is 4.15. The van der Waals surface area contributed by atoms with Crippen LogP contribution in [0.4, 0.5) is 0 Å². The predicted molar refractivity (Wildman–Crippen MR) is 103 cm³/mol. The highest BCUT2D eigenvalue weighted by atomic mass is 32.2. The van der Waals surface area contributed by atoms with Crippen molar-refractivity contribution in [1.29, 1.82) is 5.26 Å². The van der Waals surface area contributed by atoms with E-state index < -0.39 is 12.0 Å². The van der Waals surface area contributed by atoms with Crippen LogP contribution in [0, 0.1) is 11.3 Å². The molecule has 140 valence electrons. The highest BCUT2D eigenvalue weighted by Crippen LogP contribution is 2.45. The number of amidine groups is 1. The van der Waals surface area contributed by atoms with Gasteiger partial charge in [-0.2, -0.15) is 5.26 Å². The van der Waals surface area contributed by atoms with E-state index in [1.165, 1.54) is 11.8 Å². The van der Waals surface area contributed by atoms with Gasteiger partial charge in [-0.1, -0.05) is 12.1 Å². The van der Waals surface area contributed by atoms with E-state index in [-0.39, 0.29) is 11.9 Å². The summed E-state index contributed by atoms with van der Waals surface area (Å²) in [6.07, 6.45) is -0.273. The van der Waals surface area contributed by atoms with Crippen molar-refractivity contribution in [2.45, 2.75) is 32.9 Å². The summed E-state index contributed by atoms with van der Waals surface area (Å²) in [4.78, 5) is 19.4. The van der Waals surface area contributed by atoms with Crippen LogP contribution in [0.3, 0.4) is 0 Å². The van der Waals surface area contributed by atoms with Gasteiger partial charge in [0, 0.05) is 0 Å². The van der Waals surface area contributed by atoms with Crippen LogP contribution in [0.15, 0.2) is 51.3 Å². The maximum atomic E-state index is 12.9. The molecule has 0 aromatic heterocycles. The number of nitrogens with two attached hydrogens (primary N) is 1. The highest BCUT2D eigenvalue weighted by molar-refractivity contribution is 8.17. The van der Waals surface area contributed by atoms with Crippen molar-refractivity contribution >= 4 is 22.9 Å². The molecule has 2 N–H and O–H groups in total. The van der Waals surface area contributed by atoms with Gasteiger partial charge >= 0.3 is 5.97 Å². The summed E-state index contributed by atoms with van der Waals surface area (Å²) in [5.74, 6) is 0.471. The van der Waals surface area contributed by atoms with E-state index in [1.807, 2.05) is 24.3 Å². The second kappa shape index (κ2) is 7.37. The van der Waals surface area contributed by atoms with Gasteiger partial charge in [0.1, 0.15) is 22.5 Å². The second-order valence-electron chi connectivity index (χ2n) is 6.32. The van der Waals surface area contributed by atoms with Crippen LogP contribution in [-0.2, 0) is 9.53 Å². The number of hydrogen-bond donors (Lipinski definition) is 1. The average molecular weight is 384 g/mol. The van der Waals surface area contributed by atoms with Crippen molar-refractivity contribution < 1.29 is 14.3 Å². The van der Waals surface area contributed by atoms with Crippen LogP contribution >= 0.6 is 11.8 Å². The molecule has 0 saturated carbocycles. The molecule has 0 spiro atoms. The van der Waals surface area contributed by atoms with Gasteiger partial charge in [0.25, 0.3) is 0 Å². The lowest BCUT2D eigenvalue weighted by Gasteiger charge is -2.35. The molecule has 0 radical (unpaired) electrons. The average Bonchev–Trinajstić information content (AvgIpc) is 2.95. The first-order chi connectivity index (χ1) is 12.9. The summed E-state index contributed by atoms with van der Waals surface area (Å²) >= 11 is 1.19. The first kappa shape index (κ1) is 18.9. The van der Waals surface area contributed by atoms with Crippen LogP contribution in [0.25, 0.3) is 0 Å². The summed E-state index contributed by atoms with van der Waals surface area (Å²) in [5.41, 5.74) is 7.95. The Labute approximate surface area is 162 Å². The summed E-state index contributed by atoms with van der Waals surface area (Å²) < 4.78 is 10.8. The van der Waals surface area contributed by atoms with Gasteiger partial charge in [-0.3, -0.25) is 4.90 Å². The molecule has 0 saturated heterocycles. The number of nitriles is 1. The maximum absolute atomic E-state index is 12.9. The molecule has 1 aromatic carbocycles. The topological polar surface area (TPSA) is 101 Å². The number of nitrogens with zero attached hydrogens (tertiary/aromatic N) is 3. The van der Waals surface area contributed by atoms with Gasteiger partial charge in [0.05, 0.1) is 30.5 Å². The smallest absolute Gasteiger partial charge is 0.338 e. The number of allylic oxidation sites excluding steroid dienone is 2. The Morgan fingerprint density at radius 3 is 2.81 bits per heavy atom. The SMILES string of the molecule is COc1cccc([C@@H]2C(C(=O)OC(C)C)=C(C)N=C3SC(C#N)=C(N)N32)c1. The Morgan fingerprint density at radius 1 is 1.44 bits per heavy atom. The molecule has 3 rings (SSSR count). The van der Waals surface area contributed by atoms with E-state index in [2.05, 4.69) is 11.1 Å². The number of thioether (sulfide) groups is 1. The molecule has 27 heavy (non-hydrogen) atoms. The molecule has 0 bridgehead atoms. The molecule has 2 heterocycles. The number of aliphatic imine (C=N–C) groups is 1. The number of esters is 1. The minimum absolute atomic E-state index is 0.273. The number of ether oxygens (including phenoxy) is 2. The van der Waals surface area contributed by atoms with Crippen LogP contribution < -0.4 is 10.5 Å². The Kier molecular flexibility index (Phi) is 5.15. The zero-order chi connectivity index (χ0) is 19.7. The second-order valence-corrected chi connectivity index (χ2v) is 7.30. The fraction of sp³-hybridized carbons (Fsp3) is 0.316. The van der Waals surface area contributed by atoms with E-state index in [0.29, 0.717) is 27.1 Å². The van der Waals surface area contributed by atoms with E-state index in [4.69, 9.17) is 15.2 Å². The standard InChI is InChI=1S/C19H20N4O3S/c1-10(2)26-18(24)15-11(3)22-19-23(17(21)14(9-20)27-19)16(15)12-6-5-7-13(8-12)25-4/h5-8,10,16H,21H2,1-4H3/t16-/m1/s1. The van der Waals surface area contributed by atoms with Crippen molar-refractivity contribution in [2.75, 3.05) is 7.11 Å². The largest absolute Gasteiger partial charge is 0.497 e. The molecule has 7 nitrogen and oxygen atoms in total. The Morgan fingerprint density at radius 2 is 2.19 bits per heavy atom. The molecular weight excluding hydrogens is 364 g/mol. The number of benzene rings is 1. The molecule has 0 amide bonds. The van der Waals surface area contributed by atoms with Gasteiger partial charge in [0.15, 0.2) is 5.17 Å². The van der Waals surface area contributed by atoms with Crippen LogP contribution in [0.1, 0.15) is 32.4 Å². The zero-order valence-electron chi connectivity index (χ0n) is 15.5. The molecular formula is C19H20N4O3S. The minimum Gasteiger partial charge on any atom is -0.497 e. The van der Waals surface area contributed by atoms with Gasteiger partial charge in [-0.15, -0.1) is 0 Å². The Bertz CT molecular complexity index is 927. The normalized spacial score (nSPS) is 19.0. The molecule has 0 fully saturated rings. The lowest BCUT2D eigenvalue weighted by atomic mass is 9.94. The van der Waals surface area contributed by atoms with E-state index in [0.717, 1.165) is 5.56 Å². The third-order valence-corrected chi connectivity index (χ3v) is 5.13. The third kappa shape index (κ3) is 3.38. The van der Waals surface area contributed by atoms with Crippen LogP contribution in [-0.4, -0.2) is 29.3 Å². The zero-order valence-corrected chi connectivity index (χ0v) is 16.3. The molecule has 2 aliphatic rings. The lowest BCUT2D eigenvalue weighted by Crippen LogP contribution is -2.39. The summed E-state index contributed by atoms with van der Waals surface area (Å²) in [6, 6.07) is 8.92. The number of methoxy groups -OCH3 is 1. The molecule has 1 atom stereocenters. The molecule has 2 aliphatic heterocycles. The van der Waals surface area contributed by atoms with Crippen molar-refractivity contribution in [3.05, 3.63) is 51.8 Å². The number of fused-ring (bicyclic) bond motifs is 1. The van der Waals surface area contributed by atoms with Crippen LogP contribution in [0.5, 0.6) is 5.75 Å². The van der Waals surface area contributed by atoms with E-state index in [1.54, 1.807) is 32.8 Å². The molecule has 8 heteroatoms. The first-order valence-electron chi connectivity index (χ1n) is 8.38. The lowest BCUT2D eigenvalue weighted by molar-refractivity contribution is -0.143. The summed E-state index contributed by atoms with van der Waals surface area (Å²) in [5, 5.41) is 9.93. The number of carbonyl (C=O) groups excluding carboxylic acids is 1. The van der Waals surface area contributed by atoms with Gasteiger partial charge in [-0.05, 0) is 50.2 Å². The quantitative estimate of drug-likeness (QED) is 0.796. The number of hydrogen-bond acceptors (Lipinski definition) is 8. The van der Waals surface area contributed by atoms with Gasteiger partial charge in [0.2, 0.25) is 0 Å². The van der Waals surface area contributed by atoms with E-state index in [9.17, 15) is 10.1 Å². The molecule has 0 aliphatic carbocycles. The molecule has 0 unspecified atom stereocenters. The van der Waals surface area contributed by atoms with Gasteiger partial charge in [-0.25, -0.2) is 9.79 Å². The fourth-order valence-electron chi connectivity index (χ4n) is 3.01. The van der Waals surface area contributed by atoms with Crippen molar-refractivity contribution in [2.24, 2.45) is 10.7 Å². The minimum atomic E-state index is -0.558. The Balaban J connectivity index is 2.18. The van der Waals surface area contributed by atoms with Crippen molar-refractivity contribution in [3.63, 3.8) is 0 Å². The predicted octanol–water partition coefficient (Wildman–Crippen LogP) is 3.03. The maximum Gasteiger partial charge on any atom is 0.338 e. The summed E-state index contributed by atoms with van der Waals surface area (Å²) in [7, 11) is 1.58. The summed E-state index contributed by atoms with van der Waals surface area (Å²) in [6.45, 7) is 5.34. The fourth-order valence-corrected chi connectivity index (χ4v) is 3.92. The van der Waals surface area contributed by atoms with Crippen molar-refractivity contribution in [3.8, 4) is 11.8 Å². The highest BCUT2D eigenvalue weighted by Gasteiger charge is 2.42. The van der Waals surface area contributed by atoms with Crippen molar-refractivity contribution in [1.82, 2.24) is 4.90 Å². The molecule has 1 aromatic rings. The monoisotopic (exact) mass is 384 g/mol.